The lowest BCUT2D eigenvalue weighted by Gasteiger charge is -2.28. The molecule has 65 heavy (non-hydrogen) atoms. The van der Waals surface area contributed by atoms with Crippen molar-refractivity contribution in [3.63, 3.8) is 0 Å². The average molecular weight is 914 g/mol. The molecule has 11 nitrogen and oxygen atoms in total. The molecule has 0 aliphatic heterocycles. The van der Waals surface area contributed by atoms with E-state index < -0.39 is 78.2 Å². The number of nitrogens with two attached hydrogens (primary N) is 1. The summed E-state index contributed by atoms with van der Waals surface area (Å²) in [4.78, 5) is 51.6. The van der Waals surface area contributed by atoms with E-state index in [2.05, 4.69) is 9.47 Å². The molecule has 0 amide bonds. The highest BCUT2D eigenvalue weighted by atomic mass is 19.3. The number of esters is 2. The van der Waals surface area contributed by atoms with E-state index in [0.717, 1.165) is 60.7 Å². The van der Waals surface area contributed by atoms with E-state index in [-0.39, 0.29) is 29.0 Å². The predicted molar refractivity (Wildman–Crippen MR) is 217 cm³/mol. The summed E-state index contributed by atoms with van der Waals surface area (Å²) in [5, 5.41) is 22.4. The van der Waals surface area contributed by atoms with Crippen LogP contribution < -0.4 is 24.7 Å². The fraction of sp³-hybridized carbons (Fsp3) is 0.174. The minimum atomic E-state index is -4.74. The zero-order valence-electron chi connectivity index (χ0n) is 33.3. The largest absolute Gasteiger partial charge is 0.461 e. The maximum atomic E-state index is 13.3. The molecule has 0 aliphatic carbocycles. The van der Waals surface area contributed by atoms with Crippen LogP contribution in [-0.4, -0.2) is 64.6 Å². The van der Waals surface area contributed by atoms with Gasteiger partial charge in [0.05, 0.1) is 11.1 Å². The number of alkyl halides is 8. The molecule has 5 aromatic rings. The highest BCUT2D eigenvalue weighted by molar-refractivity contribution is 6.00. The number of nitrogen functional groups attached to an aromatic ring is 1. The first-order chi connectivity index (χ1) is 30.6. The highest BCUT2D eigenvalue weighted by Crippen LogP contribution is 2.30. The number of allylic oxidation sites excluding steroid dienone is 1. The van der Waals surface area contributed by atoms with Crippen LogP contribution >= 0.6 is 0 Å². The maximum absolute atomic E-state index is 13.3. The van der Waals surface area contributed by atoms with Crippen LogP contribution in [0.25, 0.3) is 12.2 Å². The minimum absolute atomic E-state index is 0.0127. The first-order valence-electron chi connectivity index (χ1n) is 18.9. The van der Waals surface area contributed by atoms with E-state index in [1.165, 1.54) is 60.7 Å². The van der Waals surface area contributed by atoms with E-state index in [9.17, 15) is 64.5 Å². The molecule has 19 heteroatoms. The summed E-state index contributed by atoms with van der Waals surface area (Å²) >= 11 is 0. The van der Waals surface area contributed by atoms with Crippen LogP contribution in [0.3, 0.4) is 0 Å². The number of benzene rings is 5. The third-order valence-corrected chi connectivity index (χ3v) is 9.11. The summed E-state index contributed by atoms with van der Waals surface area (Å²) in [5.41, 5.74) is 7.27. The Hall–Kier alpha value is -7.38. The molecule has 5 aromatic carbocycles. The Balaban J connectivity index is 1.19. The summed E-state index contributed by atoms with van der Waals surface area (Å²) in [6, 6.07) is 25.1. The number of anilines is 1. The van der Waals surface area contributed by atoms with E-state index in [1.807, 2.05) is 0 Å². The van der Waals surface area contributed by atoms with Crippen molar-refractivity contribution < 1.29 is 83.5 Å². The van der Waals surface area contributed by atoms with E-state index in [1.54, 1.807) is 24.3 Å². The van der Waals surface area contributed by atoms with Gasteiger partial charge in [-0.1, -0.05) is 48.6 Å². The van der Waals surface area contributed by atoms with Gasteiger partial charge < -0.3 is 34.9 Å². The number of carbonyl (C=O) groups excluding carboxylic acids is 4. The zero-order valence-corrected chi connectivity index (χ0v) is 33.3. The van der Waals surface area contributed by atoms with Gasteiger partial charge in [0.1, 0.15) is 23.0 Å². The van der Waals surface area contributed by atoms with Crippen molar-refractivity contribution in [2.75, 3.05) is 5.73 Å². The van der Waals surface area contributed by atoms with Crippen LogP contribution in [0.5, 0.6) is 23.0 Å². The number of carbonyl (C=O) groups is 4. The molecule has 0 fully saturated rings. The second-order valence-electron chi connectivity index (χ2n) is 14.0. The number of ketones is 2. The number of hydrogen-bond acceptors (Lipinski definition) is 11. The van der Waals surface area contributed by atoms with Gasteiger partial charge in [-0.2, -0.15) is 35.1 Å². The number of halogens is 8. The Labute approximate surface area is 363 Å². The Morgan fingerprint density at radius 1 is 0.554 bits per heavy atom. The van der Waals surface area contributed by atoms with Gasteiger partial charge in [-0.3, -0.25) is 9.59 Å². The summed E-state index contributed by atoms with van der Waals surface area (Å²) in [6.45, 7) is 0. The molecule has 0 aromatic heterocycles. The molecule has 340 valence electrons. The second kappa shape index (κ2) is 20.9. The molecule has 0 heterocycles. The molecule has 0 bridgehead atoms. The van der Waals surface area contributed by atoms with Gasteiger partial charge in [0.2, 0.25) is 11.6 Å². The van der Waals surface area contributed by atoms with Crippen molar-refractivity contribution in [1.82, 2.24) is 0 Å². The average Bonchev–Trinajstić information content (AvgIpc) is 3.26. The van der Waals surface area contributed by atoms with E-state index >= 15 is 0 Å². The lowest BCUT2D eigenvalue weighted by molar-refractivity contribution is -0.253. The Kier molecular flexibility index (Phi) is 15.6. The molecule has 0 aliphatic rings. The Morgan fingerprint density at radius 3 is 1.34 bits per heavy atom. The topological polar surface area (TPSA) is 172 Å². The Morgan fingerprint density at radius 2 is 0.938 bits per heavy atom. The molecule has 0 saturated heterocycles. The number of ether oxygens (including phenoxy) is 4. The van der Waals surface area contributed by atoms with E-state index in [0.29, 0.717) is 22.4 Å². The molecule has 1 atom stereocenters. The van der Waals surface area contributed by atoms with Crippen LogP contribution in [0, 0.1) is 5.92 Å². The standard InChI is InChI=1S/C46H35F8NO10/c47-42(48)45(51,52)64-37-20-9-30(10-21-37)40(58)62-35-16-4-27(5-17-35)3-15-34(56)26-32(25-29-1-13-33(55)14-2-29)44(60,61)39(57)24-8-28-6-18-36(19-7-28)63-41(59)31-11-22-38(23-12-31)65-46(53,54)43(49)50/h1-24,32,42-43,60-61H,25-26,55H2/b15-3+,24-8+. The molecule has 1 unspecified atom stereocenters. The lowest BCUT2D eigenvalue weighted by Crippen LogP contribution is -2.46. The van der Waals surface area contributed by atoms with Gasteiger partial charge in [0, 0.05) is 18.0 Å². The van der Waals surface area contributed by atoms with Crippen molar-refractivity contribution in [1.29, 1.82) is 0 Å². The van der Waals surface area contributed by atoms with Gasteiger partial charge in [-0.25, -0.2) is 9.59 Å². The predicted octanol–water partition coefficient (Wildman–Crippen LogP) is 8.98. The van der Waals surface area contributed by atoms with Gasteiger partial charge in [-0.15, -0.1) is 0 Å². The highest BCUT2D eigenvalue weighted by Gasteiger charge is 2.45. The van der Waals surface area contributed by atoms with Crippen LogP contribution in [0.4, 0.5) is 40.8 Å². The third kappa shape index (κ3) is 13.8. The maximum Gasteiger partial charge on any atom is 0.461 e. The first kappa shape index (κ1) is 48.6. The van der Waals surface area contributed by atoms with Gasteiger partial charge >= 0.3 is 37.0 Å². The first-order valence-corrected chi connectivity index (χ1v) is 18.9. The monoisotopic (exact) mass is 913 g/mol. The van der Waals surface area contributed by atoms with Gasteiger partial charge in [0.15, 0.2) is 5.78 Å². The summed E-state index contributed by atoms with van der Waals surface area (Å²) in [5.74, 6) is -9.23. The smallest absolute Gasteiger partial charge is 0.428 e. The molecule has 4 N–H and O–H groups in total. The van der Waals surface area contributed by atoms with Gasteiger partial charge in [0.25, 0.3) is 0 Å². The van der Waals surface area contributed by atoms with Crippen molar-refractivity contribution >= 4 is 41.3 Å². The Bertz CT molecular complexity index is 2490. The zero-order chi connectivity index (χ0) is 47.5. The molecular formula is C46H35F8NO10. The van der Waals surface area contributed by atoms with Crippen LogP contribution in [-0.2, 0) is 16.0 Å². The second-order valence-corrected chi connectivity index (χ2v) is 14.0. The van der Waals surface area contributed by atoms with Crippen molar-refractivity contribution in [2.24, 2.45) is 5.92 Å². The quantitative estimate of drug-likeness (QED) is 0.0170. The van der Waals surface area contributed by atoms with Crippen molar-refractivity contribution in [3.8, 4) is 23.0 Å². The normalized spacial score (nSPS) is 12.7. The molecule has 5 rings (SSSR count). The van der Waals surface area contributed by atoms with Crippen LogP contribution in [0.15, 0.2) is 133 Å². The van der Waals surface area contributed by atoms with Crippen LogP contribution in [0.1, 0.15) is 43.8 Å². The van der Waals surface area contributed by atoms with E-state index in [4.69, 9.17) is 15.2 Å². The minimum Gasteiger partial charge on any atom is -0.428 e. The lowest BCUT2D eigenvalue weighted by atomic mass is 9.84. The summed E-state index contributed by atoms with van der Waals surface area (Å²) < 4.78 is 121. The number of rotatable bonds is 20. The number of aliphatic hydroxyl groups is 2. The fourth-order valence-electron chi connectivity index (χ4n) is 5.64. The fourth-order valence-corrected chi connectivity index (χ4v) is 5.64. The van der Waals surface area contributed by atoms with Crippen molar-refractivity contribution in [3.05, 3.63) is 161 Å². The van der Waals surface area contributed by atoms with Crippen LogP contribution in [0.2, 0.25) is 0 Å². The molecule has 0 saturated carbocycles. The number of hydrogen-bond donors (Lipinski definition) is 3. The third-order valence-electron chi connectivity index (χ3n) is 9.11. The van der Waals surface area contributed by atoms with Crippen molar-refractivity contribution in [2.45, 2.75) is 43.7 Å². The SMILES string of the molecule is Nc1ccc(CC(CC(=O)/C=C/c2ccc(OC(=O)c3ccc(OC(F)(F)C(F)F)cc3)cc2)C(O)(O)C(=O)/C=C/c2ccc(OC(=O)c3ccc(OC(F)(F)C(F)F)cc3)cc2)cc1. The summed E-state index contributed by atoms with van der Waals surface area (Å²) in [6.07, 6.45) is -13.6. The van der Waals surface area contributed by atoms with Gasteiger partial charge in [-0.05, 0) is 120 Å². The molecule has 0 radical (unpaired) electrons. The molecular weight excluding hydrogens is 878 g/mol. The summed E-state index contributed by atoms with van der Waals surface area (Å²) in [7, 11) is 0. The molecule has 0 spiro atoms.